The van der Waals surface area contributed by atoms with E-state index in [0.717, 1.165) is 9.91 Å². The number of methoxy groups -OCH3 is 1. The molecular weight excluding hydrogens is 701 g/mol. The van der Waals surface area contributed by atoms with E-state index in [2.05, 4.69) is 5.43 Å². The molecule has 2 aliphatic heterocycles. The van der Waals surface area contributed by atoms with Crippen LogP contribution in [0, 0.1) is 29.5 Å². The minimum Gasteiger partial charge on any atom is -0.508 e. The highest BCUT2D eigenvalue weighted by atomic mass is 35.5. The first-order valence-electron chi connectivity index (χ1n) is 17.2. The lowest BCUT2D eigenvalue weighted by atomic mass is 9.49. The van der Waals surface area contributed by atoms with Gasteiger partial charge in [0.2, 0.25) is 11.8 Å². The number of aromatic hydroxyl groups is 1. The van der Waals surface area contributed by atoms with Crippen molar-refractivity contribution in [3.05, 3.63) is 130 Å². The molecule has 268 valence electrons. The predicted molar refractivity (Wildman–Crippen MR) is 193 cm³/mol. The van der Waals surface area contributed by atoms with E-state index in [1.165, 1.54) is 44.4 Å². The van der Waals surface area contributed by atoms with E-state index in [1.807, 2.05) is 6.08 Å². The van der Waals surface area contributed by atoms with Crippen LogP contribution in [-0.4, -0.2) is 46.6 Å². The van der Waals surface area contributed by atoms with Crippen LogP contribution >= 0.6 is 11.6 Å². The summed E-state index contributed by atoms with van der Waals surface area (Å²) in [4.78, 5) is 71.8. The second-order valence-electron chi connectivity index (χ2n) is 13.9. The van der Waals surface area contributed by atoms with Gasteiger partial charge in [0.1, 0.15) is 17.3 Å². The summed E-state index contributed by atoms with van der Waals surface area (Å²) in [5, 5.41) is 13.0. The Labute approximate surface area is 308 Å². The Morgan fingerprint density at radius 3 is 2.26 bits per heavy atom. The fourth-order valence-corrected chi connectivity index (χ4v) is 9.20. The Hall–Kier alpha value is -5.81. The van der Waals surface area contributed by atoms with Crippen LogP contribution in [0.5, 0.6) is 11.5 Å². The number of nitrogens with zero attached hydrogens (tertiary/aromatic N) is 2. The normalized spacial score (nSPS) is 26.2. The number of fused-ring (bicyclic) bond motifs is 4. The lowest BCUT2D eigenvalue weighted by Gasteiger charge is -2.50. The summed E-state index contributed by atoms with van der Waals surface area (Å²) in [6.45, 7) is 1.43. The van der Waals surface area contributed by atoms with E-state index < -0.39 is 64.5 Å². The fourth-order valence-electron chi connectivity index (χ4n) is 9.07. The molecule has 4 aromatic carbocycles. The molecule has 0 unspecified atom stereocenters. The average molecular weight is 734 g/mol. The molecule has 2 N–H and O–H groups in total. The van der Waals surface area contributed by atoms with Gasteiger partial charge in [-0.15, -0.1) is 0 Å². The van der Waals surface area contributed by atoms with Crippen LogP contribution in [0.1, 0.15) is 47.2 Å². The number of carbonyl (C=O) groups is 5. The number of rotatable bonds is 7. The number of allylic oxidation sites excluding steroid dienone is 2. The van der Waals surface area contributed by atoms with Gasteiger partial charge in [0.05, 0.1) is 41.7 Å². The maximum Gasteiger partial charge on any atom is 0.260 e. The number of amides is 4. The second kappa shape index (κ2) is 12.7. The number of halogens is 2. The van der Waals surface area contributed by atoms with Crippen LogP contribution in [0.3, 0.4) is 0 Å². The average Bonchev–Trinajstić information content (AvgIpc) is 3.53. The zero-order valence-electron chi connectivity index (χ0n) is 28.6. The number of phenolic OH excluding ortho intramolecular Hbond substituents is 1. The quantitative estimate of drug-likeness (QED) is 0.124. The molecule has 2 heterocycles. The number of hydrogen-bond donors (Lipinski definition) is 2. The number of hydrazine groups is 1. The molecule has 8 rings (SSSR count). The van der Waals surface area contributed by atoms with Crippen LogP contribution in [0.15, 0.2) is 103 Å². The van der Waals surface area contributed by atoms with Gasteiger partial charge >= 0.3 is 0 Å². The zero-order valence-corrected chi connectivity index (χ0v) is 29.3. The molecule has 2 aliphatic carbocycles. The third-order valence-corrected chi connectivity index (χ3v) is 11.6. The molecule has 0 bridgehead atoms. The summed E-state index contributed by atoms with van der Waals surface area (Å²) in [6.07, 6.45) is 2.05. The van der Waals surface area contributed by atoms with Crippen molar-refractivity contribution in [3.8, 4) is 11.5 Å². The van der Waals surface area contributed by atoms with E-state index in [0.29, 0.717) is 27.4 Å². The maximum atomic E-state index is 15.3. The van der Waals surface area contributed by atoms with Gasteiger partial charge < -0.3 is 9.84 Å². The Bertz CT molecular complexity index is 2240. The molecule has 3 fully saturated rings. The summed E-state index contributed by atoms with van der Waals surface area (Å²) >= 11 is 6.35. The van der Waals surface area contributed by atoms with E-state index in [1.54, 1.807) is 60.7 Å². The number of anilines is 2. The van der Waals surface area contributed by atoms with Crippen LogP contribution in [0.25, 0.3) is 0 Å². The highest BCUT2D eigenvalue weighted by molar-refractivity contribution is 6.30. The lowest BCUT2D eigenvalue weighted by Crippen LogP contribution is -2.53. The Morgan fingerprint density at radius 1 is 0.906 bits per heavy atom. The smallest absolute Gasteiger partial charge is 0.260 e. The lowest BCUT2D eigenvalue weighted by molar-refractivity contribution is -0.138. The van der Waals surface area contributed by atoms with Crippen molar-refractivity contribution in [3.63, 3.8) is 0 Å². The van der Waals surface area contributed by atoms with Crippen LogP contribution in [0.2, 0.25) is 5.02 Å². The van der Waals surface area contributed by atoms with Gasteiger partial charge in [-0.3, -0.25) is 34.3 Å². The number of nitrogens with one attached hydrogen (secondary N) is 1. The number of ketones is 1. The highest BCUT2D eigenvalue weighted by Gasteiger charge is 2.71. The van der Waals surface area contributed by atoms with Crippen molar-refractivity contribution in [2.45, 2.75) is 31.1 Å². The molecule has 0 spiro atoms. The van der Waals surface area contributed by atoms with Crippen molar-refractivity contribution >= 4 is 52.4 Å². The van der Waals surface area contributed by atoms with Gasteiger partial charge in [-0.05, 0) is 104 Å². The number of carbonyl (C=O) groups excluding carboxylic acids is 5. The molecule has 53 heavy (non-hydrogen) atoms. The van der Waals surface area contributed by atoms with Crippen molar-refractivity contribution in [2.75, 3.05) is 17.4 Å². The van der Waals surface area contributed by atoms with Crippen LogP contribution < -0.4 is 15.1 Å². The van der Waals surface area contributed by atoms with Gasteiger partial charge in [-0.1, -0.05) is 41.4 Å². The molecule has 4 aromatic rings. The monoisotopic (exact) mass is 733 g/mol. The van der Waals surface area contributed by atoms with Crippen LogP contribution in [-0.2, 0) is 24.6 Å². The van der Waals surface area contributed by atoms with E-state index in [9.17, 15) is 28.7 Å². The molecule has 4 amide bonds. The number of hydrogen-bond acceptors (Lipinski definition) is 8. The molecule has 1 saturated carbocycles. The largest absolute Gasteiger partial charge is 0.508 e. The minimum atomic E-state index is -1.69. The molecule has 10 nitrogen and oxygen atoms in total. The zero-order chi connectivity index (χ0) is 37.3. The Kier molecular flexibility index (Phi) is 8.21. The Morgan fingerprint density at radius 2 is 1.60 bits per heavy atom. The summed E-state index contributed by atoms with van der Waals surface area (Å²) in [6, 6.07) is 22.8. The SMILES string of the molecule is COc1cccc(O)c1[C@H]1C2=CC[C@@H]3C(=O)N(c4ccc(C(C)=O)cc4)C(=O)[C@@H]3[C@@H]2C[C@H]2C(=O)N(Nc3ccc(F)cc3)C(=O)[C@@]12c1ccc(Cl)cc1. The van der Waals surface area contributed by atoms with E-state index in [4.69, 9.17) is 16.3 Å². The van der Waals surface area contributed by atoms with E-state index in [-0.39, 0.29) is 41.4 Å². The van der Waals surface area contributed by atoms with Crippen LogP contribution in [0.4, 0.5) is 15.8 Å². The molecule has 2 saturated heterocycles. The first-order valence-corrected chi connectivity index (χ1v) is 17.6. The molecule has 6 atom stereocenters. The number of phenols is 1. The third kappa shape index (κ3) is 5.08. The predicted octanol–water partition coefficient (Wildman–Crippen LogP) is 6.59. The van der Waals surface area contributed by atoms with Gasteiger partial charge in [0.25, 0.3) is 11.8 Å². The first-order chi connectivity index (χ1) is 25.5. The molecule has 4 aliphatic rings. The van der Waals surface area contributed by atoms with E-state index >= 15 is 4.79 Å². The molecule has 0 aromatic heterocycles. The third-order valence-electron chi connectivity index (χ3n) is 11.3. The second-order valence-corrected chi connectivity index (χ2v) is 14.3. The minimum absolute atomic E-state index is 0.0182. The summed E-state index contributed by atoms with van der Waals surface area (Å²) in [7, 11) is 1.44. The van der Waals surface area contributed by atoms with Crippen molar-refractivity contribution in [1.82, 2.24) is 5.01 Å². The van der Waals surface area contributed by atoms with Gasteiger partial charge in [0.15, 0.2) is 5.78 Å². The molecule has 0 radical (unpaired) electrons. The fraction of sp³-hybridized carbons (Fsp3) is 0.244. The number of imide groups is 2. The Balaban J connectivity index is 1.33. The number of Topliss-reactive ketones (excluding diaryl/α,β-unsaturated/α-hetero) is 1. The standard InChI is InChI=1S/C41H33ClFN3O7/c1-21(47)22-6-16-27(17-7-22)45-37(49)29-19-18-28-30(34(29)39(45)51)20-31-38(50)46(44-26-14-12-25(43)13-15-26)40(52)41(31,23-8-10-24(42)11-9-23)36(28)35-32(48)4-3-5-33(35)53-2/h3-18,29-31,34,36,44,48H,19-20H2,1-2H3/t29-,30+,31-,34-,36+,41+/m0/s1. The van der Waals surface area contributed by atoms with Crippen molar-refractivity contribution in [2.24, 2.45) is 23.7 Å². The van der Waals surface area contributed by atoms with Gasteiger partial charge in [-0.2, -0.15) is 5.01 Å². The summed E-state index contributed by atoms with van der Waals surface area (Å²) in [5.74, 6) is -7.15. The molecule has 12 heteroatoms. The topological polar surface area (TPSA) is 133 Å². The van der Waals surface area contributed by atoms with Crippen molar-refractivity contribution in [1.29, 1.82) is 0 Å². The number of benzene rings is 4. The highest BCUT2D eigenvalue weighted by Crippen LogP contribution is 2.66. The van der Waals surface area contributed by atoms with Crippen molar-refractivity contribution < 1.29 is 38.2 Å². The maximum absolute atomic E-state index is 15.3. The summed E-state index contributed by atoms with van der Waals surface area (Å²) < 4.78 is 19.7. The van der Waals surface area contributed by atoms with Gasteiger partial charge in [-0.25, -0.2) is 4.39 Å². The number of ether oxygens (including phenoxy) is 1. The first kappa shape index (κ1) is 34.3. The summed E-state index contributed by atoms with van der Waals surface area (Å²) in [5.41, 5.74) is 3.59. The molecular formula is C41H33ClFN3O7. The van der Waals surface area contributed by atoms with Gasteiger partial charge in [0, 0.05) is 22.1 Å².